The number of benzene rings is 2. The molecule has 2 heterocycles. The van der Waals surface area contributed by atoms with E-state index in [1.54, 1.807) is 22.7 Å². The number of amides is 1. The Morgan fingerprint density at radius 2 is 1.73 bits per heavy atom. The maximum Gasteiger partial charge on any atom is 0.298 e. The normalized spacial score (nSPS) is 10.8. The first-order valence-corrected chi connectivity index (χ1v) is 9.72. The molecule has 5 nitrogen and oxygen atoms in total. The third-order valence-corrected chi connectivity index (χ3v) is 5.32. The Hall–Kier alpha value is -3.57. The highest BCUT2D eigenvalue weighted by molar-refractivity contribution is 6.47. The van der Waals surface area contributed by atoms with Crippen LogP contribution in [-0.4, -0.2) is 23.2 Å². The standard InChI is InChI=1S/C24H19ClN2O3/c1-15-12-20(21(30-2)14-19(15)25)26-24(29)23(28)22-18(16-8-4-3-5-9-16)13-17-10-6-7-11-27(17)22/h3-14H,1-2H3,(H,26,29). The first kappa shape index (κ1) is 19.7. The second kappa shape index (κ2) is 8.05. The van der Waals surface area contributed by atoms with Gasteiger partial charge in [-0.2, -0.15) is 0 Å². The predicted molar refractivity (Wildman–Crippen MR) is 119 cm³/mol. The minimum Gasteiger partial charge on any atom is -0.495 e. The van der Waals surface area contributed by atoms with E-state index >= 15 is 0 Å². The highest BCUT2D eigenvalue weighted by atomic mass is 35.5. The maximum absolute atomic E-state index is 13.3. The van der Waals surface area contributed by atoms with Crippen LogP contribution in [-0.2, 0) is 4.79 Å². The van der Waals surface area contributed by atoms with Gasteiger partial charge in [-0.1, -0.05) is 48.0 Å². The van der Waals surface area contributed by atoms with Gasteiger partial charge in [0.25, 0.3) is 11.7 Å². The monoisotopic (exact) mass is 418 g/mol. The molecule has 0 bridgehead atoms. The molecule has 4 aromatic rings. The molecule has 0 saturated heterocycles. The van der Waals surface area contributed by atoms with Gasteiger partial charge in [-0.15, -0.1) is 0 Å². The van der Waals surface area contributed by atoms with E-state index in [1.807, 2.05) is 61.5 Å². The van der Waals surface area contributed by atoms with E-state index < -0.39 is 11.7 Å². The summed E-state index contributed by atoms with van der Waals surface area (Å²) in [5, 5.41) is 3.19. The lowest BCUT2D eigenvalue weighted by atomic mass is 10.0. The number of halogens is 1. The quantitative estimate of drug-likeness (QED) is 0.349. The number of rotatable bonds is 5. The summed E-state index contributed by atoms with van der Waals surface area (Å²) in [5.41, 5.74) is 3.84. The lowest BCUT2D eigenvalue weighted by molar-refractivity contribution is -0.112. The van der Waals surface area contributed by atoms with Gasteiger partial charge in [0.2, 0.25) is 0 Å². The van der Waals surface area contributed by atoms with Gasteiger partial charge < -0.3 is 14.5 Å². The van der Waals surface area contributed by atoms with E-state index in [9.17, 15) is 9.59 Å². The van der Waals surface area contributed by atoms with Crippen LogP contribution in [0.3, 0.4) is 0 Å². The predicted octanol–water partition coefficient (Wildman–Crippen LogP) is 5.40. The summed E-state index contributed by atoms with van der Waals surface area (Å²) in [6.07, 6.45) is 1.77. The fraction of sp³-hybridized carbons (Fsp3) is 0.0833. The second-order valence-corrected chi connectivity index (χ2v) is 7.26. The van der Waals surface area contributed by atoms with Crippen molar-refractivity contribution in [3.05, 3.63) is 89.2 Å². The van der Waals surface area contributed by atoms with Crippen LogP contribution in [0.2, 0.25) is 5.02 Å². The Labute approximate surface area is 178 Å². The van der Waals surface area contributed by atoms with Crippen molar-refractivity contribution in [3.63, 3.8) is 0 Å². The number of ether oxygens (including phenoxy) is 1. The number of pyridine rings is 1. The zero-order valence-corrected chi connectivity index (χ0v) is 17.2. The van der Waals surface area contributed by atoms with Crippen molar-refractivity contribution >= 4 is 34.5 Å². The van der Waals surface area contributed by atoms with Crippen LogP contribution in [0.5, 0.6) is 5.75 Å². The number of hydrogen-bond donors (Lipinski definition) is 1. The average Bonchev–Trinajstić information content (AvgIpc) is 3.15. The molecule has 0 saturated carbocycles. The van der Waals surface area contributed by atoms with E-state index in [2.05, 4.69) is 5.32 Å². The number of Topliss-reactive ketones (excluding diaryl/α,β-unsaturated/α-hetero) is 1. The van der Waals surface area contributed by atoms with Crippen molar-refractivity contribution in [1.29, 1.82) is 0 Å². The molecule has 0 unspecified atom stereocenters. The Balaban J connectivity index is 1.77. The van der Waals surface area contributed by atoms with E-state index in [4.69, 9.17) is 16.3 Å². The number of anilines is 1. The number of ketones is 1. The van der Waals surface area contributed by atoms with Crippen LogP contribution in [0.15, 0.2) is 72.9 Å². The van der Waals surface area contributed by atoms with Crippen LogP contribution in [0.4, 0.5) is 5.69 Å². The molecule has 1 amide bonds. The van der Waals surface area contributed by atoms with Crippen LogP contribution in [0.1, 0.15) is 16.1 Å². The lowest BCUT2D eigenvalue weighted by Crippen LogP contribution is -2.25. The Morgan fingerprint density at radius 1 is 1.00 bits per heavy atom. The molecule has 150 valence electrons. The summed E-state index contributed by atoms with van der Waals surface area (Å²) in [4.78, 5) is 26.2. The Kier molecular flexibility index (Phi) is 5.29. The second-order valence-electron chi connectivity index (χ2n) is 6.85. The maximum atomic E-state index is 13.3. The molecule has 0 fully saturated rings. The number of nitrogens with zero attached hydrogens (tertiary/aromatic N) is 1. The fourth-order valence-corrected chi connectivity index (χ4v) is 3.56. The first-order valence-electron chi connectivity index (χ1n) is 9.35. The number of carbonyl (C=O) groups is 2. The topological polar surface area (TPSA) is 59.8 Å². The number of nitrogens with one attached hydrogen (secondary N) is 1. The summed E-state index contributed by atoms with van der Waals surface area (Å²) in [6, 6.07) is 20.3. The SMILES string of the molecule is COc1cc(Cl)c(C)cc1NC(=O)C(=O)c1c(-c2ccccc2)cc2ccccn12. The van der Waals surface area contributed by atoms with E-state index in [0.717, 1.165) is 16.6 Å². The summed E-state index contributed by atoms with van der Waals surface area (Å²) < 4.78 is 7.03. The smallest absolute Gasteiger partial charge is 0.298 e. The van der Waals surface area contributed by atoms with Gasteiger partial charge in [0, 0.05) is 28.4 Å². The molecule has 4 rings (SSSR count). The molecule has 6 heteroatoms. The van der Waals surface area contributed by atoms with Crippen molar-refractivity contribution in [2.75, 3.05) is 12.4 Å². The third-order valence-electron chi connectivity index (χ3n) is 4.91. The number of aromatic nitrogens is 1. The molecule has 0 aliphatic heterocycles. The first-order chi connectivity index (χ1) is 14.5. The average molecular weight is 419 g/mol. The van der Waals surface area contributed by atoms with Crippen LogP contribution >= 0.6 is 11.6 Å². The van der Waals surface area contributed by atoms with E-state index in [-0.39, 0.29) is 0 Å². The third kappa shape index (κ3) is 3.55. The highest BCUT2D eigenvalue weighted by Crippen LogP contribution is 2.32. The van der Waals surface area contributed by atoms with E-state index in [1.165, 1.54) is 7.11 Å². The van der Waals surface area contributed by atoms with Crippen LogP contribution in [0.25, 0.3) is 16.6 Å². The lowest BCUT2D eigenvalue weighted by Gasteiger charge is -2.12. The summed E-state index contributed by atoms with van der Waals surface area (Å²) in [6.45, 7) is 1.81. The molecule has 0 atom stereocenters. The fourth-order valence-electron chi connectivity index (χ4n) is 3.41. The Morgan fingerprint density at radius 3 is 2.47 bits per heavy atom. The van der Waals surface area contributed by atoms with Gasteiger partial charge in [-0.25, -0.2) is 0 Å². The number of fused-ring (bicyclic) bond motifs is 1. The molecule has 1 N–H and O–H groups in total. The molecule has 0 aliphatic carbocycles. The van der Waals surface area contributed by atoms with Crippen molar-refractivity contribution < 1.29 is 14.3 Å². The summed E-state index contributed by atoms with van der Waals surface area (Å²) in [5.74, 6) is -1.01. The van der Waals surface area contributed by atoms with Gasteiger partial charge >= 0.3 is 0 Å². The summed E-state index contributed by atoms with van der Waals surface area (Å²) >= 11 is 6.14. The van der Waals surface area contributed by atoms with Crippen molar-refractivity contribution in [2.24, 2.45) is 0 Å². The zero-order valence-electron chi connectivity index (χ0n) is 16.5. The van der Waals surface area contributed by atoms with Gasteiger partial charge in [0.1, 0.15) is 11.4 Å². The molecule has 0 aliphatic rings. The number of aryl methyl sites for hydroxylation is 1. The van der Waals surface area contributed by atoms with Crippen molar-refractivity contribution in [1.82, 2.24) is 4.40 Å². The minimum absolute atomic E-state index is 0.305. The molecule has 2 aromatic heterocycles. The Bertz CT molecular complexity index is 1260. The molecule has 0 radical (unpaired) electrons. The van der Waals surface area contributed by atoms with Crippen molar-refractivity contribution in [2.45, 2.75) is 6.92 Å². The van der Waals surface area contributed by atoms with E-state index in [0.29, 0.717) is 27.7 Å². The summed E-state index contributed by atoms with van der Waals surface area (Å²) in [7, 11) is 1.48. The zero-order chi connectivity index (χ0) is 21.3. The minimum atomic E-state index is -0.754. The molecule has 30 heavy (non-hydrogen) atoms. The highest BCUT2D eigenvalue weighted by Gasteiger charge is 2.25. The molecule has 2 aromatic carbocycles. The van der Waals surface area contributed by atoms with Gasteiger partial charge in [-0.3, -0.25) is 9.59 Å². The van der Waals surface area contributed by atoms with Gasteiger partial charge in [0.05, 0.1) is 12.8 Å². The molecular formula is C24H19ClN2O3. The van der Waals surface area contributed by atoms with Crippen LogP contribution < -0.4 is 10.1 Å². The number of methoxy groups -OCH3 is 1. The molecule has 0 spiro atoms. The number of hydrogen-bond acceptors (Lipinski definition) is 3. The number of carbonyl (C=O) groups excluding carboxylic acids is 2. The largest absolute Gasteiger partial charge is 0.495 e. The van der Waals surface area contributed by atoms with Crippen LogP contribution in [0, 0.1) is 6.92 Å². The van der Waals surface area contributed by atoms with Gasteiger partial charge in [0.15, 0.2) is 0 Å². The van der Waals surface area contributed by atoms with Crippen molar-refractivity contribution in [3.8, 4) is 16.9 Å². The molecular weight excluding hydrogens is 400 g/mol. The van der Waals surface area contributed by atoms with Gasteiger partial charge in [-0.05, 0) is 42.3 Å².